The first kappa shape index (κ1) is 13.1. The van der Waals surface area contributed by atoms with Gasteiger partial charge in [0.15, 0.2) is 0 Å². The second kappa shape index (κ2) is 4.91. The molecule has 19 heavy (non-hydrogen) atoms. The standard InChI is InChI=1S/C15H19BrN2O/c16-12-4-5-13-11(10-12)6-9-18(13)14(19)15(17)7-2-1-3-8-15/h4-5,10H,1-3,6-9,17H2. The summed E-state index contributed by atoms with van der Waals surface area (Å²) in [5.41, 5.74) is 8.02. The van der Waals surface area contributed by atoms with Crippen LogP contribution in [0.2, 0.25) is 0 Å². The minimum atomic E-state index is -0.632. The first-order valence-electron chi connectivity index (χ1n) is 6.99. The van der Waals surface area contributed by atoms with Gasteiger partial charge in [0.05, 0.1) is 5.54 Å². The molecule has 0 saturated heterocycles. The van der Waals surface area contributed by atoms with Crippen LogP contribution in [0.15, 0.2) is 22.7 Å². The van der Waals surface area contributed by atoms with Crippen LogP contribution < -0.4 is 10.6 Å². The molecular weight excluding hydrogens is 304 g/mol. The number of nitrogens with two attached hydrogens (primary N) is 1. The van der Waals surface area contributed by atoms with E-state index in [1.807, 2.05) is 17.0 Å². The molecule has 0 atom stereocenters. The number of benzene rings is 1. The van der Waals surface area contributed by atoms with Gasteiger partial charge in [0.1, 0.15) is 0 Å². The van der Waals surface area contributed by atoms with Crippen LogP contribution in [0.1, 0.15) is 37.7 Å². The third-order valence-corrected chi connectivity index (χ3v) is 4.85. The summed E-state index contributed by atoms with van der Waals surface area (Å²) in [5.74, 6) is 0.119. The number of halogens is 1. The normalized spacial score (nSPS) is 21.3. The van der Waals surface area contributed by atoms with E-state index >= 15 is 0 Å². The molecule has 1 aliphatic heterocycles. The average Bonchev–Trinajstić information content (AvgIpc) is 2.81. The number of fused-ring (bicyclic) bond motifs is 1. The zero-order chi connectivity index (χ0) is 13.5. The molecule has 0 bridgehead atoms. The summed E-state index contributed by atoms with van der Waals surface area (Å²) in [6.07, 6.45) is 5.93. The molecule has 0 radical (unpaired) electrons. The SMILES string of the molecule is NC1(C(=O)N2CCc3cc(Br)ccc32)CCCCC1. The third kappa shape index (κ3) is 2.32. The van der Waals surface area contributed by atoms with E-state index in [-0.39, 0.29) is 5.91 Å². The molecule has 4 heteroatoms. The van der Waals surface area contributed by atoms with Crippen molar-refractivity contribution >= 4 is 27.5 Å². The molecule has 0 aromatic heterocycles. The maximum Gasteiger partial charge on any atom is 0.247 e. The van der Waals surface area contributed by atoms with E-state index in [0.717, 1.165) is 48.8 Å². The van der Waals surface area contributed by atoms with Crippen LogP contribution in [0.5, 0.6) is 0 Å². The smallest absolute Gasteiger partial charge is 0.247 e. The summed E-state index contributed by atoms with van der Waals surface area (Å²) >= 11 is 3.48. The monoisotopic (exact) mass is 322 g/mol. The lowest BCUT2D eigenvalue weighted by Gasteiger charge is -2.35. The Labute approximate surface area is 122 Å². The molecule has 2 N–H and O–H groups in total. The third-order valence-electron chi connectivity index (χ3n) is 4.35. The van der Waals surface area contributed by atoms with E-state index in [1.165, 1.54) is 12.0 Å². The Hall–Kier alpha value is -0.870. The number of hydrogen-bond acceptors (Lipinski definition) is 2. The molecule has 1 heterocycles. The Kier molecular flexibility index (Phi) is 3.39. The van der Waals surface area contributed by atoms with Gasteiger partial charge in [0.25, 0.3) is 0 Å². The first-order valence-corrected chi connectivity index (χ1v) is 7.79. The van der Waals surface area contributed by atoms with Gasteiger partial charge in [0, 0.05) is 16.7 Å². The van der Waals surface area contributed by atoms with Crippen molar-refractivity contribution in [2.75, 3.05) is 11.4 Å². The van der Waals surface area contributed by atoms with Gasteiger partial charge in [-0.15, -0.1) is 0 Å². The summed E-state index contributed by atoms with van der Waals surface area (Å²) in [7, 11) is 0. The largest absolute Gasteiger partial charge is 0.317 e. The fourth-order valence-electron chi connectivity index (χ4n) is 3.25. The van der Waals surface area contributed by atoms with Crippen molar-refractivity contribution in [3.8, 4) is 0 Å². The summed E-state index contributed by atoms with van der Waals surface area (Å²) in [5, 5.41) is 0. The van der Waals surface area contributed by atoms with E-state index < -0.39 is 5.54 Å². The summed E-state index contributed by atoms with van der Waals surface area (Å²) in [6.45, 7) is 0.767. The number of amides is 1. The van der Waals surface area contributed by atoms with Gasteiger partial charge < -0.3 is 10.6 Å². The lowest BCUT2D eigenvalue weighted by molar-refractivity contribution is -0.124. The van der Waals surface area contributed by atoms with Crippen LogP contribution in [-0.2, 0) is 11.2 Å². The van der Waals surface area contributed by atoms with Crippen molar-refractivity contribution < 1.29 is 4.79 Å². The van der Waals surface area contributed by atoms with Crippen molar-refractivity contribution in [1.29, 1.82) is 0 Å². The van der Waals surface area contributed by atoms with Crippen LogP contribution in [0.25, 0.3) is 0 Å². The van der Waals surface area contributed by atoms with Gasteiger partial charge >= 0.3 is 0 Å². The number of anilines is 1. The molecule has 3 nitrogen and oxygen atoms in total. The predicted molar refractivity (Wildman–Crippen MR) is 80.2 cm³/mol. The Morgan fingerprint density at radius 1 is 1.26 bits per heavy atom. The summed E-state index contributed by atoms with van der Waals surface area (Å²) < 4.78 is 1.07. The zero-order valence-electron chi connectivity index (χ0n) is 11.0. The Morgan fingerprint density at radius 2 is 2.00 bits per heavy atom. The molecule has 0 spiro atoms. The fraction of sp³-hybridized carbons (Fsp3) is 0.533. The van der Waals surface area contributed by atoms with Crippen molar-refractivity contribution in [2.24, 2.45) is 5.73 Å². The second-order valence-corrected chi connectivity index (χ2v) is 6.61. The number of carbonyl (C=O) groups is 1. The van der Waals surface area contributed by atoms with E-state index in [9.17, 15) is 4.79 Å². The molecule has 102 valence electrons. The molecule has 1 fully saturated rings. The van der Waals surface area contributed by atoms with Crippen LogP contribution in [0.4, 0.5) is 5.69 Å². The Morgan fingerprint density at radius 3 is 2.74 bits per heavy atom. The lowest BCUT2D eigenvalue weighted by Crippen LogP contribution is -2.56. The van der Waals surface area contributed by atoms with Crippen LogP contribution in [-0.4, -0.2) is 18.0 Å². The summed E-state index contributed by atoms with van der Waals surface area (Å²) in [6, 6.07) is 6.12. The average molecular weight is 323 g/mol. The fourth-order valence-corrected chi connectivity index (χ4v) is 3.66. The van der Waals surface area contributed by atoms with Gasteiger partial charge in [0.2, 0.25) is 5.91 Å². The highest BCUT2D eigenvalue weighted by Crippen LogP contribution is 2.35. The molecule has 1 amide bonds. The van der Waals surface area contributed by atoms with Crippen LogP contribution in [0.3, 0.4) is 0 Å². The highest BCUT2D eigenvalue weighted by molar-refractivity contribution is 9.10. The molecular formula is C15H19BrN2O. The maximum absolute atomic E-state index is 12.8. The van der Waals surface area contributed by atoms with E-state index in [2.05, 4.69) is 22.0 Å². The minimum absolute atomic E-state index is 0.119. The van der Waals surface area contributed by atoms with Crippen LogP contribution >= 0.6 is 15.9 Å². The highest BCUT2D eigenvalue weighted by Gasteiger charge is 2.40. The Balaban J connectivity index is 1.87. The Bertz CT molecular complexity index is 509. The maximum atomic E-state index is 12.8. The molecule has 1 saturated carbocycles. The van der Waals surface area contributed by atoms with Gasteiger partial charge in [-0.25, -0.2) is 0 Å². The minimum Gasteiger partial charge on any atom is -0.317 e. The molecule has 1 aromatic carbocycles. The van der Waals surface area contributed by atoms with Gasteiger partial charge in [-0.05, 0) is 43.0 Å². The zero-order valence-corrected chi connectivity index (χ0v) is 12.6. The van der Waals surface area contributed by atoms with Crippen molar-refractivity contribution in [2.45, 2.75) is 44.1 Å². The number of carbonyl (C=O) groups excluding carboxylic acids is 1. The van der Waals surface area contributed by atoms with Crippen molar-refractivity contribution in [3.63, 3.8) is 0 Å². The van der Waals surface area contributed by atoms with Gasteiger partial charge in [-0.2, -0.15) is 0 Å². The predicted octanol–water partition coefficient (Wildman–Crippen LogP) is 3.00. The topological polar surface area (TPSA) is 46.3 Å². The van der Waals surface area contributed by atoms with E-state index in [0.29, 0.717) is 0 Å². The molecule has 0 unspecified atom stereocenters. The van der Waals surface area contributed by atoms with Crippen molar-refractivity contribution in [1.82, 2.24) is 0 Å². The highest BCUT2D eigenvalue weighted by atomic mass is 79.9. The number of hydrogen-bond donors (Lipinski definition) is 1. The number of nitrogens with zero attached hydrogens (tertiary/aromatic N) is 1. The lowest BCUT2D eigenvalue weighted by atomic mass is 9.81. The van der Waals surface area contributed by atoms with Gasteiger partial charge in [-0.1, -0.05) is 35.2 Å². The first-order chi connectivity index (χ1) is 9.10. The van der Waals surface area contributed by atoms with Gasteiger partial charge in [-0.3, -0.25) is 4.79 Å². The van der Waals surface area contributed by atoms with Crippen LogP contribution in [0, 0.1) is 0 Å². The second-order valence-electron chi connectivity index (χ2n) is 5.70. The molecule has 1 aliphatic carbocycles. The van der Waals surface area contributed by atoms with E-state index in [1.54, 1.807) is 0 Å². The number of rotatable bonds is 1. The van der Waals surface area contributed by atoms with E-state index in [4.69, 9.17) is 5.73 Å². The quantitative estimate of drug-likeness (QED) is 0.863. The molecule has 1 aromatic rings. The summed E-state index contributed by atoms with van der Waals surface area (Å²) in [4.78, 5) is 14.7. The molecule has 3 rings (SSSR count). The van der Waals surface area contributed by atoms with Crippen molar-refractivity contribution in [3.05, 3.63) is 28.2 Å². The molecule has 2 aliphatic rings.